The molecular weight excluding hydrogens is 300 g/mol. The smallest absolute Gasteiger partial charge is 0.410 e. The minimum atomic E-state index is -4.01. The van der Waals surface area contributed by atoms with E-state index in [0.717, 1.165) is 0 Å². The first-order chi connectivity index (χ1) is 9.93. The van der Waals surface area contributed by atoms with E-state index in [-0.39, 0.29) is 19.7 Å². The molecule has 22 heavy (non-hydrogen) atoms. The van der Waals surface area contributed by atoms with E-state index in [1.54, 1.807) is 20.8 Å². The van der Waals surface area contributed by atoms with Crippen LogP contribution in [-0.4, -0.2) is 58.9 Å². The lowest BCUT2D eigenvalue weighted by atomic mass is 9.85. The predicted octanol–water partition coefficient (Wildman–Crippen LogP) is 1.95. The number of nitrogens with zero attached hydrogens (tertiary/aromatic N) is 1. The summed E-state index contributed by atoms with van der Waals surface area (Å²) < 4.78 is 37.5. The number of alkyl halides is 2. The van der Waals surface area contributed by atoms with Gasteiger partial charge in [0.05, 0.1) is 6.61 Å². The first-order valence-corrected chi connectivity index (χ1v) is 7.18. The summed E-state index contributed by atoms with van der Waals surface area (Å²) in [6, 6.07) is 0. The number of hydrogen-bond donors (Lipinski definition) is 1. The molecule has 0 spiro atoms. The van der Waals surface area contributed by atoms with Crippen LogP contribution >= 0.6 is 0 Å². The van der Waals surface area contributed by atoms with E-state index in [9.17, 15) is 23.5 Å². The Morgan fingerprint density at radius 1 is 1.23 bits per heavy atom. The quantitative estimate of drug-likeness (QED) is 0.803. The maximum Gasteiger partial charge on any atom is 0.410 e. The fraction of sp³-hybridized carbons (Fsp3) is 0.857. The zero-order valence-electron chi connectivity index (χ0n) is 13.3. The monoisotopic (exact) mass is 323 g/mol. The Kier molecular flexibility index (Phi) is 5.38. The van der Waals surface area contributed by atoms with Gasteiger partial charge in [-0.1, -0.05) is 0 Å². The topological polar surface area (TPSA) is 76.1 Å². The highest BCUT2D eigenvalue weighted by Crippen LogP contribution is 2.38. The average molecular weight is 323 g/mol. The Hall–Kier alpha value is -1.44. The van der Waals surface area contributed by atoms with E-state index in [1.165, 1.54) is 11.8 Å². The number of likely N-dealkylation sites (tertiary alicyclic amines) is 1. The Morgan fingerprint density at radius 2 is 1.73 bits per heavy atom. The van der Waals surface area contributed by atoms with Gasteiger partial charge in [0.1, 0.15) is 11.2 Å². The van der Waals surface area contributed by atoms with Gasteiger partial charge in [0, 0.05) is 25.9 Å². The maximum absolute atomic E-state index is 14.0. The van der Waals surface area contributed by atoms with Crippen molar-refractivity contribution in [2.45, 2.75) is 57.7 Å². The van der Waals surface area contributed by atoms with Gasteiger partial charge in [-0.3, -0.25) is 0 Å². The van der Waals surface area contributed by atoms with Crippen LogP contribution in [-0.2, 0) is 14.3 Å². The molecular formula is C14H23F2NO5. The first kappa shape index (κ1) is 18.6. The molecule has 0 atom stereocenters. The molecule has 8 heteroatoms. The zero-order valence-corrected chi connectivity index (χ0v) is 13.3. The van der Waals surface area contributed by atoms with Gasteiger partial charge >= 0.3 is 18.0 Å². The van der Waals surface area contributed by atoms with Crippen LogP contribution in [0, 0.1) is 0 Å². The summed E-state index contributed by atoms with van der Waals surface area (Å²) in [6.45, 7) is 6.04. The Labute approximate surface area is 128 Å². The Morgan fingerprint density at radius 3 is 2.14 bits per heavy atom. The number of ether oxygens (including phenoxy) is 2. The fourth-order valence-corrected chi connectivity index (χ4v) is 2.11. The lowest BCUT2D eigenvalue weighted by Crippen LogP contribution is -2.59. The number of amides is 1. The number of carbonyl (C=O) groups is 2. The fourth-order valence-electron chi connectivity index (χ4n) is 2.11. The third-order valence-electron chi connectivity index (χ3n) is 3.36. The highest BCUT2D eigenvalue weighted by atomic mass is 19.3. The molecule has 0 radical (unpaired) electrons. The molecule has 0 aliphatic carbocycles. The van der Waals surface area contributed by atoms with Crippen LogP contribution in [0.1, 0.15) is 40.5 Å². The molecule has 0 aromatic rings. The van der Waals surface area contributed by atoms with E-state index in [1.807, 2.05) is 0 Å². The van der Waals surface area contributed by atoms with Crippen LogP contribution in [0.2, 0.25) is 0 Å². The average Bonchev–Trinajstić information content (AvgIpc) is 2.37. The SMILES string of the molecule is CCOC(=O)C(F)(F)C1(O)CCN(C(=O)OC(C)(C)C)CC1. The summed E-state index contributed by atoms with van der Waals surface area (Å²) >= 11 is 0. The Bertz CT molecular complexity index is 425. The van der Waals surface area contributed by atoms with Crippen molar-refractivity contribution in [3.05, 3.63) is 0 Å². The summed E-state index contributed by atoms with van der Waals surface area (Å²) in [5.74, 6) is -5.76. The number of halogens is 2. The van der Waals surface area contributed by atoms with E-state index in [2.05, 4.69) is 4.74 Å². The van der Waals surface area contributed by atoms with E-state index >= 15 is 0 Å². The second-order valence-corrected chi connectivity index (χ2v) is 6.29. The van der Waals surface area contributed by atoms with Gasteiger partial charge in [0.15, 0.2) is 0 Å². The van der Waals surface area contributed by atoms with Gasteiger partial charge in [-0.15, -0.1) is 0 Å². The molecule has 1 rings (SSSR count). The van der Waals surface area contributed by atoms with Crippen LogP contribution in [0.5, 0.6) is 0 Å². The number of esters is 1. The highest BCUT2D eigenvalue weighted by molar-refractivity contribution is 5.79. The van der Waals surface area contributed by atoms with E-state index < -0.39 is 42.0 Å². The number of carbonyl (C=O) groups excluding carboxylic acids is 2. The van der Waals surface area contributed by atoms with Crippen LogP contribution in [0.15, 0.2) is 0 Å². The van der Waals surface area contributed by atoms with Crippen molar-refractivity contribution in [1.29, 1.82) is 0 Å². The molecule has 0 aromatic heterocycles. The summed E-state index contributed by atoms with van der Waals surface area (Å²) in [5.41, 5.74) is -3.21. The number of piperidine rings is 1. The van der Waals surface area contributed by atoms with Gasteiger partial charge < -0.3 is 19.5 Å². The van der Waals surface area contributed by atoms with Crippen molar-refractivity contribution in [3.63, 3.8) is 0 Å². The van der Waals surface area contributed by atoms with Gasteiger partial charge in [-0.2, -0.15) is 8.78 Å². The third kappa shape index (κ3) is 4.06. The molecule has 0 aromatic carbocycles. The molecule has 0 unspecified atom stereocenters. The van der Waals surface area contributed by atoms with Crippen molar-refractivity contribution < 1.29 is 33.0 Å². The standard InChI is InChI=1S/C14H23F2NO5/c1-5-21-10(18)14(15,16)13(20)6-8-17(9-7-13)11(19)22-12(2,3)4/h20H,5-9H2,1-4H3. The molecule has 1 aliphatic heterocycles. The second-order valence-electron chi connectivity index (χ2n) is 6.29. The lowest BCUT2D eigenvalue weighted by molar-refractivity contribution is -0.222. The van der Waals surface area contributed by atoms with Gasteiger partial charge in [0.25, 0.3) is 0 Å². The number of aliphatic hydroxyl groups is 1. The summed E-state index contributed by atoms with van der Waals surface area (Å²) in [6.07, 6.45) is -1.50. The molecule has 0 bridgehead atoms. The largest absolute Gasteiger partial charge is 0.461 e. The third-order valence-corrected chi connectivity index (χ3v) is 3.36. The van der Waals surface area contributed by atoms with Crippen LogP contribution in [0.3, 0.4) is 0 Å². The lowest BCUT2D eigenvalue weighted by Gasteiger charge is -2.41. The molecule has 1 amide bonds. The van der Waals surface area contributed by atoms with Crippen LogP contribution < -0.4 is 0 Å². The zero-order chi connectivity index (χ0) is 17.2. The molecule has 1 aliphatic rings. The minimum absolute atomic E-state index is 0.125. The predicted molar refractivity (Wildman–Crippen MR) is 73.6 cm³/mol. The summed E-state index contributed by atoms with van der Waals surface area (Å²) in [5, 5.41) is 10.1. The molecule has 128 valence electrons. The Balaban J connectivity index is 2.70. The molecule has 1 heterocycles. The van der Waals surface area contributed by atoms with Crippen molar-refractivity contribution >= 4 is 12.1 Å². The second kappa shape index (κ2) is 6.36. The molecule has 6 nitrogen and oxygen atoms in total. The van der Waals surface area contributed by atoms with Gasteiger partial charge in [0.2, 0.25) is 0 Å². The number of hydrogen-bond acceptors (Lipinski definition) is 5. The van der Waals surface area contributed by atoms with Gasteiger partial charge in [-0.05, 0) is 27.7 Å². The summed E-state index contributed by atoms with van der Waals surface area (Å²) in [4.78, 5) is 24.4. The first-order valence-electron chi connectivity index (χ1n) is 7.18. The molecule has 1 fully saturated rings. The molecule has 1 N–H and O–H groups in total. The maximum atomic E-state index is 14.0. The summed E-state index contributed by atoms with van der Waals surface area (Å²) in [7, 11) is 0. The van der Waals surface area contributed by atoms with Crippen LogP contribution in [0.25, 0.3) is 0 Å². The van der Waals surface area contributed by atoms with Gasteiger partial charge in [-0.25, -0.2) is 9.59 Å². The van der Waals surface area contributed by atoms with Crippen LogP contribution in [0.4, 0.5) is 13.6 Å². The van der Waals surface area contributed by atoms with E-state index in [0.29, 0.717) is 0 Å². The van der Waals surface area contributed by atoms with Crippen molar-refractivity contribution in [2.24, 2.45) is 0 Å². The van der Waals surface area contributed by atoms with Crippen molar-refractivity contribution in [1.82, 2.24) is 4.90 Å². The van der Waals surface area contributed by atoms with Crippen molar-refractivity contribution in [3.8, 4) is 0 Å². The highest BCUT2D eigenvalue weighted by Gasteiger charge is 2.60. The number of rotatable bonds is 3. The van der Waals surface area contributed by atoms with E-state index in [4.69, 9.17) is 4.74 Å². The minimum Gasteiger partial charge on any atom is -0.461 e. The molecule has 1 saturated heterocycles. The van der Waals surface area contributed by atoms with Crippen molar-refractivity contribution in [2.75, 3.05) is 19.7 Å². The molecule has 0 saturated carbocycles. The normalized spacial score (nSPS) is 18.8.